The third-order valence-electron chi connectivity index (χ3n) is 3.51. The molecule has 8 nitrogen and oxygen atoms in total. The molecule has 1 aromatic heterocycles. The molecule has 2 heterocycles. The molecule has 0 spiro atoms. The fourth-order valence-corrected chi connectivity index (χ4v) is 2.36. The number of hydrogen-bond acceptors (Lipinski definition) is 4. The molecule has 1 saturated heterocycles. The average molecular weight is 294 g/mol. The zero-order valence-corrected chi connectivity index (χ0v) is 12.5. The zero-order valence-electron chi connectivity index (χ0n) is 12.5. The Morgan fingerprint density at radius 3 is 3.05 bits per heavy atom. The van der Waals surface area contributed by atoms with Crippen LogP contribution in [0.15, 0.2) is 6.33 Å². The summed E-state index contributed by atoms with van der Waals surface area (Å²) in [5.74, 6) is 0.625. The van der Waals surface area contributed by atoms with E-state index in [1.807, 2.05) is 13.8 Å². The number of nitrogens with one attached hydrogen (secondary N) is 2. The number of hydrogen-bond donors (Lipinski definition) is 2. The highest BCUT2D eigenvalue weighted by Crippen LogP contribution is 2.14. The van der Waals surface area contributed by atoms with Crippen LogP contribution in [0.5, 0.6) is 0 Å². The van der Waals surface area contributed by atoms with Crippen LogP contribution < -0.4 is 10.6 Å². The number of rotatable bonds is 4. The van der Waals surface area contributed by atoms with E-state index in [0.29, 0.717) is 26.1 Å². The van der Waals surface area contributed by atoms with Gasteiger partial charge in [0, 0.05) is 19.6 Å². The van der Waals surface area contributed by atoms with E-state index >= 15 is 0 Å². The van der Waals surface area contributed by atoms with Gasteiger partial charge in [0.1, 0.15) is 18.7 Å². The molecular weight excluding hydrogens is 272 g/mol. The Morgan fingerprint density at radius 1 is 1.52 bits per heavy atom. The molecule has 116 valence electrons. The molecule has 2 rings (SSSR count). The normalized spacial score (nSPS) is 17.0. The Hall–Kier alpha value is -2.12. The quantitative estimate of drug-likeness (QED) is 0.834. The molecule has 0 aliphatic carbocycles. The van der Waals surface area contributed by atoms with E-state index in [0.717, 1.165) is 12.2 Å². The minimum Gasteiger partial charge on any atom is -0.354 e. The monoisotopic (exact) mass is 294 g/mol. The molecule has 0 aromatic carbocycles. The number of aryl methyl sites for hydroxylation is 1. The Morgan fingerprint density at radius 2 is 2.33 bits per heavy atom. The minimum atomic E-state index is -0.232. The van der Waals surface area contributed by atoms with Crippen LogP contribution >= 0.6 is 0 Å². The van der Waals surface area contributed by atoms with Crippen LogP contribution in [-0.4, -0.2) is 51.2 Å². The van der Waals surface area contributed by atoms with Crippen LogP contribution in [0.1, 0.15) is 38.6 Å². The summed E-state index contributed by atoms with van der Waals surface area (Å²) in [6.07, 6.45) is 2.97. The number of urea groups is 1. The fourth-order valence-electron chi connectivity index (χ4n) is 2.36. The van der Waals surface area contributed by atoms with E-state index in [2.05, 4.69) is 20.7 Å². The first kappa shape index (κ1) is 15.3. The average Bonchev–Trinajstić information content (AvgIpc) is 2.85. The van der Waals surface area contributed by atoms with Gasteiger partial charge in [0.2, 0.25) is 5.91 Å². The van der Waals surface area contributed by atoms with Crippen molar-refractivity contribution < 1.29 is 9.59 Å². The Balaban J connectivity index is 2.04. The summed E-state index contributed by atoms with van der Waals surface area (Å²) in [5, 5.41) is 9.83. The molecule has 2 N–H and O–H groups in total. The van der Waals surface area contributed by atoms with Gasteiger partial charge in [0.15, 0.2) is 0 Å². The first-order valence-corrected chi connectivity index (χ1v) is 7.35. The van der Waals surface area contributed by atoms with E-state index in [9.17, 15) is 9.59 Å². The van der Waals surface area contributed by atoms with Gasteiger partial charge in [0.05, 0.1) is 6.04 Å². The maximum Gasteiger partial charge on any atom is 0.318 e. The summed E-state index contributed by atoms with van der Waals surface area (Å²) < 4.78 is 1.77. The zero-order chi connectivity index (χ0) is 15.2. The van der Waals surface area contributed by atoms with E-state index in [-0.39, 0.29) is 24.5 Å². The number of aromatic nitrogens is 3. The minimum absolute atomic E-state index is 0.0999. The van der Waals surface area contributed by atoms with Crippen LogP contribution in [0.4, 0.5) is 4.79 Å². The van der Waals surface area contributed by atoms with Gasteiger partial charge < -0.3 is 15.5 Å². The van der Waals surface area contributed by atoms with Gasteiger partial charge in [-0.15, -0.1) is 0 Å². The molecule has 1 fully saturated rings. The smallest absolute Gasteiger partial charge is 0.318 e. The van der Waals surface area contributed by atoms with Crippen molar-refractivity contribution in [3.63, 3.8) is 0 Å². The van der Waals surface area contributed by atoms with Gasteiger partial charge >= 0.3 is 6.03 Å². The number of carbonyl (C=O) groups is 2. The SMILES string of the molecule is CC[C@H](NC(=O)N1CCCNC(=O)C1)c1ncnn1CC. The summed E-state index contributed by atoms with van der Waals surface area (Å²) in [6, 6.07) is -0.434. The molecule has 0 saturated carbocycles. The lowest BCUT2D eigenvalue weighted by Gasteiger charge is -2.23. The number of nitrogens with zero attached hydrogens (tertiary/aromatic N) is 4. The topological polar surface area (TPSA) is 92.2 Å². The summed E-state index contributed by atoms with van der Waals surface area (Å²) >= 11 is 0. The molecule has 0 radical (unpaired) electrons. The van der Waals surface area contributed by atoms with Crippen molar-refractivity contribution in [3.05, 3.63) is 12.2 Å². The second-order valence-corrected chi connectivity index (χ2v) is 4.97. The van der Waals surface area contributed by atoms with Crippen LogP contribution in [0.25, 0.3) is 0 Å². The Bertz CT molecular complexity index is 501. The largest absolute Gasteiger partial charge is 0.354 e. The van der Waals surface area contributed by atoms with Crippen LogP contribution in [0.2, 0.25) is 0 Å². The second-order valence-electron chi connectivity index (χ2n) is 4.97. The second kappa shape index (κ2) is 7.05. The lowest BCUT2D eigenvalue weighted by atomic mass is 10.2. The summed E-state index contributed by atoms with van der Waals surface area (Å²) in [6.45, 7) is 5.95. The van der Waals surface area contributed by atoms with Crippen molar-refractivity contribution in [2.45, 2.75) is 39.3 Å². The predicted octanol–water partition coefficient (Wildman–Crippen LogP) is 0.281. The molecule has 0 unspecified atom stereocenters. The molecule has 1 aliphatic heterocycles. The molecule has 1 aromatic rings. The lowest BCUT2D eigenvalue weighted by molar-refractivity contribution is -0.121. The third-order valence-corrected chi connectivity index (χ3v) is 3.51. The van der Waals surface area contributed by atoms with Gasteiger partial charge in [-0.2, -0.15) is 5.10 Å². The van der Waals surface area contributed by atoms with Gasteiger partial charge in [-0.3, -0.25) is 4.79 Å². The molecule has 1 atom stereocenters. The first-order chi connectivity index (χ1) is 10.2. The maximum absolute atomic E-state index is 12.3. The maximum atomic E-state index is 12.3. The number of carbonyl (C=O) groups excluding carboxylic acids is 2. The van der Waals surface area contributed by atoms with Crippen LogP contribution in [-0.2, 0) is 11.3 Å². The number of amides is 3. The standard InChI is InChI=1S/C13H22N6O2/c1-3-10(12-15-9-16-19(12)4-2)17-13(21)18-7-5-6-14-11(20)8-18/h9-10H,3-8H2,1-2H3,(H,14,20)(H,17,21)/t10-/m0/s1. The van der Waals surface area contributed by atoms with Crippen molar-refractivity contribution in [2.75, 3.05) is 19.6 Å². The van der Waals surface area contributed by atoms with Crippen molar-refractivity contribution in [2.24, 2.45) is 0 Å². The molecule has 1 aliphatic rings. The molecule has 0 bridgehead atoms. The highest BCUT2D eigenvalue weighted by Gasteiger charge is 2.24. The van der Waals surface area contributed by atoms with E-state index in [1.165, 1.54) is 11.2 Å². The lowest BCUT2D eigenvalue weighted by Crippen LogP contribution is -2.45. The van der Waals surface area contributed by atoms with Gasteiger partial charge in [-0.1, -0.05) is 6.92 Å². The highest BCUT2D eigenvalue weighted by atomic mass is 16.2. The Labute approximate surface area is 123 Å². The third kappa shape index (κ3) is 3.71. The summed E-state index contributed by atoms with van der Waals surface area (Å²) in [7, 11) is 0. The first-order valence-electron chi connectivity index (χ1n) is 7.35. The van der Waals surface area contributed by atoms with Gasteiger partial charge in [-0.25, -0.2) is 14.5 Å². The molecular formula is C13H22N6O2. The van der Waals surface area contributed by atoms with Crippen molar-refractivity contribution in [1.82, 2.24) is 30.3 Å². The van der Waals surface area contributed by atoms with Crippen molar-refractivity contribution in [1.29, 1.82) is 0 Å². The molecule has 8 heteroatoms. The van der Waals surface area contributed by atoms with Crippen molar-refractivity contribution >= 4 is 11.9 Å². The van der Waals surface area contributed by atoms with E-state index in [1.54, 1.807) is 4.68 Å². The summed E-state index contributed by atoms with van der Waals surface area (Å²) in [5.41, 5.74) is 0. The molecule has 21 heavy (non-hydrogen) atoms. The van der Waals surface area contributed by atoms with Crippen molar-refractivity contribution in [3.8, 4) is 0 Å². The van der Waals surface area contributed by atoms with Gasteiger partial charge in [-0.05, 0) is 19.8 Å². The Kier molecular flexibility index (Phi) is 5.13. The fraction of sp³-hybridized carbons (Fsp3) is 0.692. The van der Waals surface area contributed by atoms with E-state index < -0.39 is 0 Å². The van der Waals surface area contributed by atoms with Crippen LogP contribution in [0, 0.1) is 0 Å². The predicted molar refractivity (Wildman–Crippen MR) is 76.5 cm³/mol. The van der Waals surface area contributed by atoms with E-state index in [4.69, 9.17) is 0 Å². The highest BCUT2D eigenvalue weighted by molar-refractivity contribution is 5.84. The molecule has 3 amide bonds. The summed E-state index contributed by atoms with van der Waals surface area (Å²) in [4.78, 5) is 29.6. The van der Waals surface area contributed by atoms with Crippen LogP contribution in [0.3, 0.4) is 0 Å². The van der Waals surface area contributed by atoms with Gasteiger partial charge in [0.25, 0.3) is 0 Å².